The van der Waals surface area contributed by atoms with Crippen LogP contribution in [0.25, 0.3) is 56.4 Å². The first-order chi connectivity index (χ1) is 24.3. The summed E-state index contributed by atoms with van der Waals surface area (Å²) in [5.41, 5.74) is 5.52. The summed E-state index contributed by atoms with van der Waals surface area (Å²) in [5.74, 6) is -2.10. The summed E-state index contributed by atoms with van der Waals surface area (Å²) >= 11 is 0. The van der Waals surface area contributed by atoms with E-state index in [9.17, 15) is 0 Å². The summed E-state index contributed by atoms with van der Waals surface area (Å²) in [6.07, 6.45) is 0. The van der Waals surface area contributed by atoms with Crippen molar-refractivity contribution in [2.75, 3.05) is 0 Å². The summed E-state index contributed by atoms with van der Waals surface area (Å²) in [6.45, 7) is 0. The molecule has 1 aliphatic carbocycles. The van der Waals surface area contributed by atoms with Crippen LogP contribution in [0.5, 0.6) is 0 Å². The topological polar surface area (TPSA) is 95.6 Å². The summed E-state index contributed by atoms with van der Waals surface area (Å²) in [6, 6.07) is 45.0. The van der Waals surface area contributed by atoms with E-state index in [0.717, 1.165) is 22.3 Å². The molecular weight excluding hydrogens is 628 g/mol. The molecule has 7 aromatic rings. The molecule has 0 saturated carbocycles. The highest BCUT2D eigenvalue weighted by Gasteiger charge is 2.44. The van der Waals surface area contributed by atoms with Crippen LogP contribution in [0, 0.1) is 10.8 Å². The Balaban J connectivity index is 1.14. The van der Waals surface area contributed by atoms with E-state index in [-0.39, 0.29) is 22.9 Å². The molecule has 1 heterocycles. The minimum atomic E-state index is -3.18. The Labute approximate surface area is 286 Å². The van der Waals surface area contributed by atoms with E-state index >= 15 is 8.78 Å². The lowest BCUT2D eigenvalue weighted by atomic mass is 9.97. The second-order valence-corrected chi connectivity index (χ2v) is 11.8. The van der Waals surface area contributed by atoms with E-state index in [1.807, 2.05) is 78.9 Å². The molecule has 0 aliphatic heterocycles. The normalized spacial score (nSPS) is 12.5. The molecule has 6 aromatic carbocycles. The molecule has 240 valence electrons. The van der Waals surface area contributed by atoms with E-state index in [0.29, 0.717) is 45.3 Å². The molecule has 0 radical (unpaired) electrons. The van der Waals surface area contributed by atoms with Gasteiger partial charge in [-0.3, -0.25) is 10.8 Å². The van der Waals surface area contributed by atoms with Gasteiger partial charge in [-0.25, -0.2) is 15.0 Å². The molecule has 0 amide bonds. The van der Waals surface area contributed by atoms with Crippen molar-refractivity contribution in [3.63, 3.8) is 0 Å². The fourth-order valence-electron chi connectivity index (χ4n) is 6.11. The molecule has 6 nitrogen and oxygen atoms in total. The maximum Gasteiger partial charge on any atom is 0.299 e. The third-order valence-electron chi connectivity index (χ3n) is 8.68. The molecule has 1 aromatic heterocycles. The first kappa shape index (κ1) is 30.7. The van der Waals surface area contributed by atoms with Crippen LogP contribution in [0.3, 0.4) is 0 Å². The van der Waals surface area contributed by atoms with Gasteiger partial charge in [-0.1, -0.05) is 115 Å². The standard InChI is InChI=1S/C42H27F2N5O/c43-42(44)35-22-20-31(26-16-18-28(19-17-26)38(46)50-37(45)27-10-4-1-5-11-27)24-33(35)34-25-32(21-23-36(34)42)41-48-39(29-12-6-2-7-13-29)47-40(49-41)30-14-8-3-9-15-30/h1-25,45-46H. The van der Waals surface area contributed by atoms with E-state index < -0.39 is 5.92 Å². The molecule has 50 heavy (non-hydrogen) atoms. The average Bonchev–Trinajstić information content (AvgIpc) is 3.40. The van der Waals surface area contributed by atoms with Gasteiger partial charge in [0.05, 0.1) is 0 Å². The molecule has 0 atom stereocenters. The van der Waals surface area contributed by atoms with Crippen LogP contribution in [-0.4, -0.2) is 26.7 Å². The van der Waals surface area contributed by atoms with Crippen molar-refractivity contribution in [3.05, 3.63) is 174 Å². The lowest BCUT2D eigenvalue weighted by Crippen LogP contribution is -2.12. The Bertz CT molecular complexity index is 2340. The summed E-state index contributed by atoms with van der Waals surface area (Å²) in [7, 11) is 0. The number of hydrogen-bond donors (Lipinski definition) is 2. The summed E-state index contributed by atoms with van der Waals surface area (Å²) in [5, 5.41) is 16.5. The van der Waals surface area contributed by atoms with Crippen molar-refractivity contribution in [2.24, 2.45) is 0 Å². The molecule has 0 bridgehead atoms. The maximum absolute atomic E-state index is 15.8. The van der Waals surface area contributed by atoms with E-state index in [4.69, 9.17) is 30.5 Å². The number of nitrogens with one attached hydrogen (secondary N) is 2. The van der Waals surface area contributed by atoms with E-state index in [1.165, 1.54) is 12.1 Å². The molecule has 0 saturated heterocycles. The first-order valence-corrected chi connectivity index (χ1v) is 15.9. The van der Waals surface area contributed by atoms with Gasteiger partial charge >= 0.3 is 0 Å². The second kappa shape index (κ2) is 12.4. The van der Waals surface area contributed by atoms with Crippen LogP contribution in [0.1, 0.15) is 22.3 Å². The monoisotopic (exact) mass is 655 g/mol. The zero-order valence-corrected chi connectivity index (χ0v) is 26.4. The first-order valence-electron chi connectivity index (χ1n) is 15.9. The number of halogens is 2. The van der Waals surface area contributed by atoms with Crippen LogP contribution in [0.4, 0.5) is 8.78 Å². The van der Waals surface area contributed by atoms with Crippen LogP contribution in [0.15, 0.2) is 152 Å². The second-order valence-electron chi connectivity index (χ2n) is 11.8. The predicted molar refractivity (Wildman–Crippen MR) is 191 cm³/mol. The van der Waals surface area contributed by atoms with Gasteiger partial charge in [0.2, 0.25) is 11.8 Å². The fraction of sp³-hybridized carbons (Fsp3) is 0.0238. The van der Waals surface area contributed by atoms with Crippen molar-refractivity contribution in [3.8, 4) is 56.4 Å². The molecule has 0 spiro atoms. The van der Waals surface area contributed by atoms with Gasteiger partial charge in [0, 0.05) is 38.9 Å². The van der Waals surface area contributed by atoms with Gasteiger partial charge in [-0.05, 0) is 58.7 Å². The van der Waals surface area contributed by atoms with Crippen molar-refractivity contribution < 1.29 is 13.5 Å². The Morgan fingerprint density at radius 2 is 0.840 bits per heavy atom. The highest BCUT2D eigenvalue weighted by atomic mass is 19.3. The quantitative estimate of drug-likeness (QED) is 0.138. The van der Waals surface area contributed by atoms with Crippen LogP contribution in [-0.2, 0) is 10.7 Å². The predicted octanol–water partition coefficient (Wildman–Crippen LogP) is 10.0. The summed E-state index contributed by atoms with van der Waals surface area (Å²) in [4.78, 5) is 14.3. The highest BCUT2D eigenvalue weighted by Crippen LogP contribution is 2.52. The van der Waals surface area contributed by atoms with Gasteiger partial charge in [0.25, 0.3) is 5.92 Å². The average molecular weight is 656 g/mol. The van der Waals surface area contributed by atoms with Gasteiger partial charge < -0.3 is 4.74 Å². The van der Waals surface area contributed by atoms with Crippen molar-refractivity contribution in [1.29, 1.82) is 10.8 Å². The minimum Gasteiger partial charge on any atom is -0.421 e. The van der Waals surface area contributed by atoms with Gasteiger partial charge in [0.15, 0.2) is 17.5 Å². The van der Waals surface area contributed by atoms with Gasteiger partial charge in [-0.2, -0.15) is 8.78 Å². The number of alkyl halides is 2. The van der Waals surface area contributed by atoms with Crippen LogP contribution < -0.4 is 0 Å². The van der Waals surface area contributed by atoms with Crippen LogP contribution >= 0.6 is 0 Å². The number of fused-ring (bicyclic) bond motifs is 3. The number of ether oxygens (including phenoxy) is 1. The number of nitrogens with zero attached hydrogens (tertiary/aromatic N) is 3. The van der Waals surface area contributed by atoms with E-state index in [2.05, 4.69) is 0 Å². The number of rotatable bonds is 6. The van der Waals surface area contributed by atoms with Gasteiger partial charge in [0.1, 0.15) is 0 Å². The molecule has 1 aliphatic rings. The Morgan fingerprint density at radius 3 is 1.36 bits per heavy atom. The lowest BCUT2D eigenvalue weighted by Gasteiger charge is -2.13. The Morgan fingerprint density at radius 1 is 0.440 bits per heavy atom. The zero-order valence-electron chi connectivity index (χ0n) is 26.4. The largest absolute Gasteiger partial charge is 0.421 e. The Kier molecular flexibility index (Phi) is 7.61. The van der Waals surface area contributed by atoms with Crippen LogP contribution in [0.2, 0.25) is 0 Å². The number of hydrogen-bond acceptors (Lipinski definition) is 6. The highest BCUT2D eigenvalue weighted by molar-refractivity contribution is 6.04. The van der Waals surface area contributed by atoms with E-state index in [1.54, 1.807) is 60.7 Å². The fourth-order valence-corrected chi connectivity index (χ4v) is 6.11. The molecule has 0 fully saturated rings. The van der Waals surface area contributed by atoms with Gasteiger partial charge in [-0.15, -0.1) is 0 Å². The smallest absolute Gasteiger partial charge is 0.299 e. The van der Waals surface area contributed by atoms with Crippen molar-refractivity contribution in [2.45, 2.75) is 5.92 Å². The molecule has 8 heteroatoms. The Hall–Kier alpha value is -6.67. The molecule has 0 unspecified atom stereocenters. The SMILES string of the molecule is N=C(OC(=N)c1ccc(-c2ccc3c(c2)-c2cc(-c4nc(-c5ccccc5)nc(-c5ccccc5)n4)ccc2C3(F)F)cc1)c1ccccc1. The maximum atomic E-state index is 15.8. The minimum absolute atomic E-state index is 0.0646. The van der Waals surface area contributed by atoms with Crippen molar-refractivity contribution in [1.82, 2.24) is 15.0 Å². The third kappa shape index (κ3) is 5.62. The number of aromatic nitrogens is 3. The summed E-state index contributed by atoms with van der Waals surface area (Å²) < 4.78 is 37.2. The number of benzene rings is 6. The zero-order chi connectivity index (χ0) is 34.2. The molecule has 2 N–H and O–H groups in total. The molecule has 8 rings (SSSR count). The third-order valence-corrected chi connectivity index (χ3v) is 8.68. The lowest BCUT2D eigenvalue weighted by molar-refractivity contribution is 0.0480. The van der Waals surface area contributed by atoms with Crippen molar-refractivity contribution >= 4 is 11.8 Å². The molecular formula is C42H27F2N5O.